The van der Waals surface area contributed by atoms with Gasteiger partial charge < -0.3 is 20.3 Å². The lowest BCUT2D eigenvalue weighted by atomic mass is 10.3. The van der Waals surface area contributed by atoms with Crippen molar-refractivity contribution < 1.29 is 9.53 Å². The molecule has 1 aliphatic heterocycles. The normalized spacial score (nSPS) is 13.6. The van der Waals surface area contributed by atoms with Gasteiger partial charge in [-0.2, -0.15) is 15.0 Å². The highest BCUT2D eigenvalue weighted by Crippen LogP contribution is 2.22. The zero-order valence-electron chi connectivity index (χ0n) is 16.6. The molecule has 31 heavy (non-hydrogen) atoms. The van der Waals surface area contributed by atoms with Gasteiger partial charge in [-0.25, -0.2) is 0 Å². The van der Waals surface area contributed by atoms with Crippen LogP contribution in [0.2, 0.25) is 5.02 Å². The maximum absolute atomic E-state index is 12.4. The van der Waals surface area contributed by atoms with E-state index in [9.17, 15) is 4.79 Å². The first-order valence-corrected chi connectivity index (χ1v) is 11.1. The SMILES string of the molecule is O=C(CSc1nc(Nc2ccccc2)nc(N2CCOCC2)n1)Nc1ccc(Cl)cc1. The van der Waals surface area contributed by atoms with Crippen molar-refractivity contribution in [1.82, 2.24) is 15.0 Å². The average Bonchev–Trinajstić information content (AvgIpc) is 2.80. The maximum Gasteiger partial charge on any atom is 0.234 e. The third kappa shape index (κ3) is 6.30. The molecule has 2 N–H and O–H groups in total. The number of rotatable bonds is 7. The number of benzene rings is 2. The van der Waals surface area contributed by atoms with Crippen LogP contribution in [-0.4, -0.2) is 52.9 Å². The van der Waals surface area contributed by atoms with Crippen LogP contribution in [-0.2, 0) is 9.53 Å². The second kappa shape index (κ2) is 10.4. The smallest absolute Gasteiger partial charge is 0.234 e. The number of hydrogen-bond donors (Lipinski definition) is 2. The van der Waals surface area contributed by atoms with Crippen LogP contribution < -0.4 is 15.5 Å². The number of thioether (sulfide) groups is 1. The van der Waals surface area contributed by atoms with Gasteiger partial charge in [-0.15, -0.1) is 0 Å². The molecule has 0 radical (unpaired) electrons. The summed E-state index contributed by atoms with van der Waals surface area (Å²) in [6, 6.07) is 16.6. The first kappa shape index (κ1) is 21.4. The minimum atomic E-state index is -0.154. The second-order valence-electron chi connectivity index (χ2n) is 6.68. The lowest BCUT2D eigenvalue weighted by molar-refractivity contribution is -0.113. The Labute approximate surface area is 189 Å². The summed E-state index contributed by atoms with van der Waals surface area (Å²) >= 11 is 7.14. The number of nitrogens with one attached hydrogen (secondary N) is 2. The van der Waals surface area contributed by atoms with Gasteiger partial charge in [-0.05, 0) is 36.4 Å². The standard InChI is InChI=1S/C21H21ClN6O2S/c22-15-6-8-17(9-7-15)23-18(29)14-31-21-26-19(24-16-4-2-1-3-5-16)25-20(27-21)28-10-12-30-13-11-28/h1-9H,10-14H2,(H,23,29)(H,24,25,26,27). The fourth-order valence-corrected chi connectivity index (χ4v) is 3.64. The Balaban J connectivity index is 1.47. The summed E-state index contributed by atoms with van der Waals surface area (Å²) in [5.41, 5.74) is 1.56. The Morgan fingerprint density at radius 1 is 1.00 bits per heavy atom. The number of amides is 1. The number of anilines is 4. The molecule has 0 unspecified atom stereocenters. The molecule has 0 saturated carbocycles. The molecule has 4 rings (SSSR count). The van der Waals surface area contributed by atoms with Gasteiger partial charge in [0.1, 0.15) is 0 Å². The molecule has 160 valence electrons. The van der Waals surface area contributed by atoms with Gasteiger partial charge in [0.15, 0.2) is 5.16 Å². The quantitative estimate of drug-likeness (QED) is 0.518. The first-order valence-electron chi connectivity index (χ1n) is 9.75. The van der Waals surface area contributed by atoms with E-state index >= 15 is 0 Å². The number of ether oxygens (including phenoxy) is 1. The van der Waals surface area contributed by atoms with Gasteiger partial charge in [0.25, 0.3) is 0 Å². The Morgan fingerprint density at radius 3 is 2.48 bits per heavy atom. The van der Waals surface area contributed by atoms with E-state index in [4.69, 9.17) is 16.3 Å². The van der Waals surface area contributed by atoms with Crippen molar-refractivity contribution in [3.63, 3.8) is 0 Å². The Morgan fingerprint density at radius 2 is 1.74 bits per heavy atom. The predicted octanol–water partition coefficient (Wildman–Crippen LogP) is 3.84. The molecule has 1 saturated heterocycles. The lowest BCUT2D eigenvalue weighted by Crippen LogP contribution is -2.37. The number of halogens is 1. The highest BCUT2D eigenvalue weighted by molar-refractivity contribution is 7.99. The van der Waals surface area contributed by atoms with Crippen LogP contribution in [0, 0.1) is 0 Å². The molecule has 8 nitrogen and oxygen atoms in total. The van der Waals surface area contributed by atoms with E-state index in [0.29, 0.717) is 54.1 Å². The molecular weight excluding hydrogens is 436 g/mol. The molecule has 2 aromatic carbocycles. The van der Waals surface area contributed by atoms with E-state index in [1.807, 2.05) is 30.3 Å². The van der Waals surface area contributed by atoms with E-state index < -0.39 is 0 Å². The van der Waals surface area contributed by atoms with Crippen LogP contribution in [0.25, 0.3) is 0 Å². The summed E-state index contributed by atoms with van der Waals surface area (Å²) in [7, 11) is 0. The van der Waals surface area contributed by atoms with Crippen molar-refractivity contribution >= 4 is 52.5 Å². The van der Waals surface area contributed by atoms with Crippen LogP contribution in [0.5, 0.6) is 0 Å². The fraction of sp³-hybridized carbons (Fsp3) is 0.238. The van der Waals surface area contributed by atoms with Crippen molar-refractivity contribution in [3.8, 4) is 0 Å². The number of carbonyl (C=O) groups excluding carboxylic acids is 1. The molecule has 10 heteroatoms. The van der Waals surface area contributed by atoms with Crippen molar-refractivity contribution in [2.75, 3.05) is 47.6 Å². The Kier molecular flexibility index (Phi) is 7.18. The highest BCUT2D eigenvalue weighted by Gasteiger charge is 2.17. The summed E-state index contributed by atoms with van der Waals surface area (Å²) in [4.78, 5) is 28.0. The first-order chi connectivity index (χ1) is 15.2. The molecule has 1 fully saturated rings. The molecule has 1 amide bonds. The summed E-state index contributed by atoms with van der Waals surface area (Å²) in [5.74, 6) is 1.01. The fourth-order valence-electron chi connectivity index (χ4n) is 2.88. The van der Waals surface area contributed by atoms with Gasteiger partial charge in [-0.3, -0.25) is 4.79 Å². The van der Waals surface area contributed by atoms with Crippen LogP contribution in [0.3, 0.4) is 0 Å². The third-order valence-electron chi connectivity index (χ3n) is 4.39. The number of para-hydroxylation sites is 1. The van der Waals surface area contributed by atoms with Crippen LogP contribution >= 0.6 is 23.4 Å². The van der Waals surface area contributed by atoms with Crippen LogP contribution in [0.15, 0.2) is 59.8 Å². The van der Waals surface area contributed by atoms with E-state index in [2.05, 4.69) is 30.5 Å². The Hall–Kier alpha value is -2.88. The summed E-state index contributed by atoms with van der Waals surface area (Å²) < 4.78 is 5.43. The van der Waals surface area contributed by atoms with Gasteiger partial charge in [0.2, 0.25) is 17.8 Å². The molecule has 0 aliphatic carbocycles. The largest absolute Gasteiger partial charge is 0.378 e. The molecular formula is C21H21ClN6O2S. The molecule has 2 heterocycles. The highest BCUT2D eigenvalue weighted by atomic mass is 35.5. The van der Waals surface area contributed by atoms with Gasteiger partial charge >= 0.3 is 0 Å². The summed E-state index contributed by atoms with van der Waals surface area (Å²) in [5, 5.41) is 7.14. The van der Waals surface area contributed by atoms with E-state index in [1.54, 1.807) is 24.3 Å². The number of nitrogens with zero attached hydrogens (tertiary/aromatic N) is 4. The summed E-state index contributed by atoms with van der Waals surface area (Å²) in [6.07, 6.45) is 0. The van der Waals surface area contributed by atoms with Crippen LogP contribution in [0.1, 0.15) is 0 Å². The Bertz CT molecular complexity index is 1020. The number of morpholine rings is 1. The second-order valence-corrected chi connectivity index (χ2v) is 8.05. The average molecular weight is 457 g/mol. The van der Waals surface area contributed by atoms with Crippen molar-refractivity contribution in [2.45, 2.75) is 5.16 Å². The number of hydrogen-bond acceptors (Lipinski definition) is 8. The zero-order valence-corrected chi connectivity index (χ0v) is 18.2. The summed E-state index contributed by atoms with van der Waals surface area (Å²) in [6.45, 7) is 2.66. The van der Waals surface area contributed by atoms with E-state index in [1.165, 1.54) is 11.8 Å². The van der Waals surface area contributed by atoms with Gasteiger partial charge in [-0.1, -0.05) is 41.6 Å². The van der Waals surface area contributed by atoms with Crippen molar-refractivity contribution in [3.05, 3.63) is 59.6 Å². The van der Waals surface area contributed by atoms with Gasteiger partial charge in [0.05, 0.1) is 19.0 Å². The zero-order chi connectivity index (χ0) is 21.5. The molecule has 1 aliphatic rings. The lowest BCUT2D eigenvalue weighted by Gasteiger charge is -2.27. The molecule has 3 aromatic rings. The minimum absolute atomic E-state index is 0.154. The van der Waals surface area contributed by atoms with Crippen LogP contribution in [0.4, 0.5) is 23.3 Å². The molecule has 0 atom stereocenters. The van der Waals surface area contributed by atoms with E-state index in [-0.39, 0.29) is 11.7 Å². The predicted molar refractivity (Wildman–Crippen MR) is 123 cm³/mol. The third-order valence-corrected chi connectivity index (χ3v) is 5.49. The minimum Gasteiger partial charge on any atom is -0.378 e. The molecule has 0 spiro atoms. The van der Waals surface area contributed by atoms with Gasteiger partial charge in [0, 0.05) is 29.5 Å². The van der Waals surface area contributed by atoms with Crippen molar-refractivity contribution in [1.29, 1.82) is 0 Å². The number of aromatic nitrogens is 3. The molecule has 0 bridgehead atoms. The van der Waals surface area contributed by atoms with E-state index in [0.717, 1.165) is 5.69 Å². The monoisotopic (exact) mass is 456 g/mol. The number of carbonyl (C=O) groups is 1. The maximum atomic E-state index is 12.4. The molecule has 1 aromatic heterocycles. The van der Waals surface area contributed by atoms with Crippen molar-refractivity contribution in [2.24, 2.45) is 0 Å². The topological polar surface area (TPSA) is 92.3 Å².